The third-order valence-corrected chi connectivity index (χ3v) is 6.93. The van der Waals surface area contributed by atoms with Gasteiger partial charge in [0.05, 0.1) is 22.3 Å². The van der Waals surface area contributed by atoms with Crippen LogP contribution < -0.4 is 5.56 Å². The van der Waals surface area contributed by atoms with Crippen molar-refractivity contribution in [3.8, 4) is 5.69 Å². The molecular weight excluding hydrogens is 471 g/mol. The van der Waals surface area contributed by atoms with Crippen LogP contribution in [0.3, 0.4) is 0 Å². The molecule has 11 heteroatoms. The lowest BCUT2D eigenvalue weighted by atomic mass is 10.2. The van der Waals surface area contributed by atoms with Gasteiger partial charge in [0.25, 0.3) is 5.56 Å². The minimum absolute atomic E-state index is 0.125. The zero-order valence-corrected chi connectivity index (χ0v) is 19.4. The topological polar surface area (TPSA) is 96.3 Å². The lowest BCUT2D eigenvalue weighted by Crippen LogP contribution is -2.20. The molecule has 174 valence electrons. The molecule has 0 bridgehead atoms. The lowest BCUT2D eigenvalue weighted by Gasteiger charge is -2.08. The van der Waals surface area contributed by atoms with Crippen LogP contribution in [0.1, 0.15) is 21.2 Å². The number of aromatic nitrogens is 6. The summed E-state index contributed by atoms with van der Waals surface area (Å²) in [6, 6.07) is 14.9. The van der Waals surface area contributed by atoms with Crippen LogP contribution in [0.2, 0.25) is 0 Å². The van der Waals surface area contributed by atoms with E-state index in [1.807, 2.05) is 13.0 Å². The molecular formula is C24H17FN6O3S. The number of rotatable bonds is 4. The second-order valence-corrected chi connectivity index (χ2v) is 9.04. The van der Waals surface area contributed by atoms with E-state index in [0.29, 0.717) is 33.1 Å². The van der Waals surface area contributed by atoms with E-state index in [9.17, 15) is 14.0 Å². The first kappa shape index (κ1) is 21.2. The van der Waals surface area contributed by atoms with Crippen molar-refractivity contribution < 1.29 is 13.9 Å². The third-order valence-electron chi connectivity index (χ3n) is 5.84. The molecule has 0 amide bonds. The second kappa shape index (κ2) is 7.84. The van der Waals surface area contributed by atoms with Crippen molar-refractivity contribution in [3.05, 3.63) is 87.2 Å². The highest BCUT2D eigenvalue weighted by molar-refractivity contribution is 7.20. The maximum absolute atomic E-state index is 13.3. The standard InChI is InChI=1S/C24H17FN6O3S/c1-13-17-11-19(35-22(17)31(28-13)15-9-7-14(25)8-10-15)23(33)34-12-20-26-27-24-29(2)21(32)16-5-3-4-6-18(16)30(20)24/h3-11H,12H2,1-2H3. The molecule has 0 aliphatic heterocycles. The van der Waals surface area contributed by atoms with Gasteiger partial charge in [-0.1, -0.05) is 12.1 Å². The first-order chi connectivity index (χ1) is 16.9. The zero-order chi connectivity index (χ0) is 24.3. The normalized spacial score (nSPS) is 11.6. The van der Waals surface area contributed by atoms with Gasteiger partial charge in [-0.2, -0.15) is 5.10 Å². The predicted molar refractivity (Wildman–Crippen MR) is 128 cm³/mol. The number of fused-ring (bicyclic) bond motifs is 4. The average Bonchev–Trinajstić information content (AvgIpc) is 3.57. The Morgan fingerprint density at radius 1 is 1.09 bits per heavy atom. The number of benzene rings is 2. The molecule has 0 saturated carbocycles. The van der Waals surface area contributed by atoms with Crippen LogP contribution in [0.15, 0.2) is 59.4 Å². The van der Waals surface area contributed by atoms with Gasteiger partial charge >= 0.3 is 5.97 Å². The fourth-order valence-corrected chi connectivity index (χ4v) is 5.17. The van der Waals surface area contributed by atoms with Crippen molar-refractivity contribution in [2.45, 2.75) is 13.5 Å². The van der Waals surface area contributed by atoms with Gasteiger partial charge in [-0.3, -0.25) is 13.8 Å². The monoisotopic (exact) mass is 488 g/mol. The number of esters is 1. The minimum atomic E-state index is -0.512. The number of carbonyl (C=O) groups excluding carboxylic acids is 1. The molecule has 6 aromatic rings. The van der Waals surface area contributed by atoms with E-state index >= 15 is 0 Å². The predicted octanol–water partition coefficient (Wildman–Crippen LogP) is 3.79. The van der Waals surface area contributed by atoms with Crippen LogP contribution in [-0.4, -0.2) is 34.9 Å². The van der Waals surface area contributed by atoms with E-state index in [-0.39, 0.29) is 18.0 Å². The van der Waals surface area contributed by atoms with Crippen LogP contribution in [-0.2, 0) is 18.4 Å². The largest absolute Gasteiger partial charge is 0.453 e. The van der Waals surface area contributed by atoms with E-state index in [1.54, 1.807) is 52.5 Å². The van der Waals surface area contributed by atoms with Gasteiger partial charge in [-0.05, 0) is 49.4 Å². The van der Waals surface area contributed by atoms with Crippen molar-refractivity contribution in [2.24, 2.45) is 7.05 Å². The summed E-state index contributed by atoms with van der Waals surface area (Å²) in [6.45, 7) is 1.72. The number of aryl methyl sites for hydroxylation is 2. The lowest BCUT2D eigenvalue weighted by molar-refractivity contribution is 0.0467. The third kappa shape index (κ3) is 3.31. The highest BCUT2D eigenvalue weighted by Crippen LogP contribution is 2.31. The molecule has 0 spiro atoms. The first-order valence-electron chi connectivity index (χ1n) is 10.7. The Kier molecular flexibility index (Phi) is 4.74. The molecule has 0 aliphatic rings. The highest BCUT2D eigenvalue weighted by Gasteiger charge is 2.20. The van der Waals surface area contributed by atoms with Gasteiger partial charge in [-0.25, -0.2) is 13.9 Å². The number of para-hydroxylation sites is 1. The summed E-state index contributed by atoms with van der Waals surface area (Å²) < 4.78 is 23.7. The second-order valence-electron chi connectivity index (χ2n) is 8.01. The number of nitrogens with zero attached hydrogens (tertiary/aromatic N) is 6. The fraction of sp³-hybridized carbons (Fsp3) is 0.125. The van der Waals surface area contributed by atoms with E-state index in [0.717, 1.165) is 15.9 Å². The number of carbonyl (C=O) groups is 1. The van der Waals surface area contributed by atoms with Crippen molar-refractivity contribution in [3.63, 3.8) is 0 Å². The molecule has 0 radical (unpaired) electrons. The van der Waals surface area contributed by atoms with Crippen LogP contribution >= 0.6 is 11.3 Å². The van der Waals surface area contributed by atoms with Gasteiger partial charge in [0.2, 0.25) is 5.78 Å². The summed E-state index contributed by atoms with van der Waals surface area (Å²) in [7, 11) is 1.62. The van der Waals surface area contributed by atoms with Gasteiger partial charge in [-0.15, -0.1) is 21.5 Å². The Bertz CT molecular complexity index is 1830. The summed E-state index contributed by atoms with van der Waals surface area (Å²) >= 11 is 1.24. The first-order valence-corrected chi connectivity index (χ1v) is 11.5. The maximum Gasteiger partial charge on any atom is 0.348 e. The Balaban J connectivity index is 1.33. The quantitative estimate of drug-likeness (QED) is 0.351. The Hall–Kier alpha value is -4.38. The van der Waals surface area contributed by atoms with Gasteiger partial charge in [0, 0.05) is 12.4 Å². The summed E-state index contributed by atoms with van der Waals surface area (Å²) in [5.74, 6) is -0.0909. The molecule has 0 unspecified atom stereocenters. The van der Waals surface area contributed by atoms with E-state index in [2.05, 4.69) is 15.3 Å². The number of hydrogen-bond acceptors (Lipinski definition) is 7. The molecule has 0 fully saturated rings. The van der Waals surface area contributed by atoms with Crippen molar-refractivity contribution in [1.29, 1.82) is 0 Å². The van der Waals surface area contributed by atoms with Gasteiger partial charge < -0.3 is 4.74 Å². The van der Waals surface area contributed by atoms with E-state index in [4.69, 9.17) is 4.74 Å². The summed E-state index contributed by atoms with van der Waals surface area (Å²) in [5.41, 5.74) is 1.90. The van der Waals surface area contributed by atoms with Crippen molar-refractivity contribution in [1.82, 2.24) is 28.9 Å². The molecule has 4 heterocycles. The molecule has 0 saturated heterocycles. The minimum Gasteiger partial charge on any atom is -0.453 e. The Labute approximate surface area is 200 Å². The maximum atomic E-state index is 13.3. The molecule has 0 atom stereocenters. The summed E-state index contributed by atoms with van der Waals surface area (Å²) in [6.07, 6.45) is 0. The van der Waals surface area contributed by atoms with Crippen LogP contribution in [0.25, 0.3) is 32.6 Å². The Morgan fingerprint density at radius 2 is 1.86 bits per heavy atom. The zero-order valence-electron chi connectivity index (χ0n) is 18.6. The van der Waals surface area contributed by atoms with Crippen molar-refractivity contribution in [2.75, 3.05) is 0 Å². The summed E-state index contributed by atoms with van der Waals surface area (Å²) in [4.78, 5) is 26.7. The van der Waals surface area contributed by atoms with Crippen LogP contribution in [0.5, 0.6) is 0 Å². The van der Waals surface area contributed by atoms with Crippen LogP contribution in [0.4, 0.5) is 4.39 Å². The molecule has 0 aliphatic carbocycles. The molecule has 4 aromatic heterocycles. The van der Waals surface area contributed by atoms with Crippen LogP contribution in [0, 0.1) is 12.7 Å². The smallest absolute Gasteiger partial charge is 0.348 e. The Morgan fingerprint density at radius 3 is 2.66 bits per heavy atom. The average molecular weight is 489 g/mol. The van der Waals surface area contributed by atoms with Gasteiger partial charge in [0.15, 0.2) is 12.4 Å². The molecule has 35 heavy (non-hydrogen) atoms. The summed E-state index contributed by atoms with van der Waals surface area (Å²) in [5, 5.41) is 14.1. The number of ether oxygens (including phenoxy) is 1. The molecule has 2 aromatic carbocycles. The van der Waals surface area contributed by atoms with Gasteiger partial charge in [0.1, 0.15) is 15.5 Å². The molecule has 0 N–H and O–H groups in total. The van der Waals surface area contributed by atoms with E-state index in [1.165, 1.54) is 28.0 Å². The highest BCUT2D eigenvalue weighted by atomic mass is 32.1. The molecule has 6 rings (SSSR count). The number of halogens is 1. The fourth-order valence-electron chi connectivity index (χ4n) is 4.09. The van der Waals surface area contributed by atoms with E-state index < -0.39 is 5.97 Å². The number of hydrogen-bond donors (Lipinski definition) is 0. The van der Waals surface area contributed by atoms with Crippen molar-refractivity contribution >= 4 is 44.2 Å². The number of thiophene rings is 1. The molecule has 9 nitrogen and oxygen atoms in total. The SMILES string of the molecule is Cc1nn(-c2ccc(F)cc2)c2sc(C(=O)OCc3nnc4n(C)c(=O)c5ccccc5n34)cc12.